The smallest absolute Gasteiger partial charge is 0.119 e. The third-order valence-corrected chi connectivity index (χ3v) is 3.19. The van der Waals surface area contributed by atoms with Crippen molar-refractivity contribution in [3.8, 4) is 5.75 Å². The molecule has 3 heteroatoms. The topological polar surface area (TPSA) is 30.5 Å². The number of hydrogen-bond donors (Lipinski definition) is 1. The predicted molar refractivity (Wildman–Crippen MR) is 84.3 cm³/mol. The van der Waals surface area contributed by atoms with Gasteiger partial charge in [0.1, 0.15) is 12.4 Å². The Balaban J connectivity index is 1.98. The Labute approximate surface area is 123 Å². The summed E-state index contributed by atoms with van der Waals surface area (Å²) >= 11 is 0. The van der Waals surface area contributed by atoms with Gasteiger partial charge < -0.3 is 14.8 Å². The monoisotopic (exact) mass is 279 g/mol. The van der Waals surface area contributed by atoms with E-state index in [1.807, 2.05) is 19.2 Å². The minimum absolute atomic E-state index is 0.625. The van der Waals surface area contributed by atoms with E-state index in [1.54, 1.807) is 0 Å². The summed E-state index contributed by atoms with van der Waals surface area (Å²) in [7, 11) is 1.95. The largest absolute Gasteiger partial charge is 0.491 e. The van der Waals surface area contributed by atoms with Crippen LogP contribution in [0.4, 0.5) is 0 Å². The Kier molecular flexibility index (Phi) is 9.98. The third kappa shape index (κ3) is 8.18. The van der Waals surface area contributed by atoms with Gasteiger partial charge in [0.05, 0.1) is 6.61 Å². The molecule has 114 valence electrons. The van der Waals surface area contributed by atoms with Crippen molar-refractivity contribution in [1.29, 1.82) is 0 Å². The second-order valence-electron chi connectivity index (χ2n) is 5.05. The summed E-state index contributed by atoms with van der Waals surface area (Å²) in [5.74, 6) is 0.913. The molecule has 0 atom stereocenters. The van der Waals surface area contributed by atoms with Gasteiger partial charge in [-0.15, -0.1) is 0 Å². The van der Waals surface area contributed by atoms with Crippen molar-refractivity contribution in [3.63, 3.8) is 0 Å². The second kappa shape index (κ2) is 11.7. The minimum atomic E-state index is 0.625. The molecule has 0 bridgehead atoms. The van der Waals surface area contributed by atoms with Gasteiger partial charge in [0, 0.05) is 13.2 Å². The summed E-state index contributed by atoms with van der Waals surface area (Å²) < 4.78 is 11.2. The maximum atomic E-state index is 5.64. The fourth-order valence-corrected chi connectivity index (χ4v) is 2.04. The van der Waals surface area contributed by atoms with E-state index in [-0.39, 0.29) is 0 Å². The molecule has 20 heavy (non-hydrogen) atoms. The average Bonchev–Trinajstić information content (AvgIpc) is 2.47. The standard InChI is InChI=1S/C17H29NO2/c1-3-4-5-6-7-12-19-13-14-20-17-10-8-16(9-11-17)15-18-2/h8-11,18H,3-7,12-15H2,1-2H3. The van der Waals surface area contributed by atoms with E-state index < -0.39 is 0 Å². The van der Waals surface area contributed by atoms with Gasteiger partial charge in [0.2, 0.25) is 0 Å². The fraction of sp³-hybridized carbons (Fsp3) is 0.647. The van der Waals surface area contributed by atoms with Gasteiger partial charge in [-0.25, -0.2) is 0 Å². The van der Waals surface area contributed by atoms with Crippen molar-refractivity contribution in [1.82, 2.24) is 5.32 Å². The lowest BCUT2D eigenvalue weighted by atomic mass is 10.2. The maximum absolute atomic E-state index is 5.64. The van der Waals surface area contributed by atoms with E-state index in [0.717, 1.165) is 18.9 Å². The molecule has 0 radical (unpaired) electrons. The van der Waals surface area contributed by atoms with Gasteiger partial charge in [0.15, 0.2) is 0 Å². The van der Waals surface area contributed by atoms with E-state index in [9.17, 15) is 0 Å². The van der Waals surface area contributed by atoms with Crippen molar-refractivity contribution in [3.05, 3.63) is 29.8 Å². The van der Waals surface area contributed by atoms with Crippen LogP contribution >= 0.6 is 0 Å². The van der Waals surface area contributed by atoms with Crippen LogP contribution in [0.1, 0.15) is 44.6 Å². The zero-order chi connectivity index (χ0) is 14.5. The number of benzene rings is 1. The third-order valence-electron chi connectivity index (χ3n) is 3.19. The maximum Gasteiger partial charge on any atom is 0.119 e. The van der Waals surface area contributed by atoms with Gasteiger partial charge in [-0.1, -0.05) is 44.7 Å². The SMILES string of the molecule is CCCCCCCOCCOc1ccc(CNC)cc1. The number of unbranched alkanes of at least 4 members (excludes halogenated alkanes) is 4. The van der Waals surface area contributed by atoms with Crippen LogP contribution < -0.4 is 10.1 Å². The molecule has 0 saturated carbocycles. The molecule has 0 aliphatic carbocycles. The Bertz CT molecular complexity index is 324. The lowest BCUT2D eigenvalue weighted by Gasteiger charge is -2.08. The average molecular weight is 279 g/mol. The fourth-order valence-electron chi connectivity index (χ4n) is 2.04. The Morgan fingerprint density at radius 3 is 2.35 bits per heavy atom. The van der Waals surface area contributed by atoms with Gasteiger partial charge in [-0.05, 0) is 31.2 Å². The molecule has 1 aromatic carbocycles. The van der Waals surface area contributed by atoms with E-state index in [1.165, 1.54) is 37.7 Å². The Hall–Kier alpha value is -1.06. The van der Waals surface area contributed by atoms with Crippen LogP contribution in [0.3, 0.4) is 0 Å². The Morgan fingerprint density at radius 2 is 1.65 bits per heavy atom. The zero-order valence-corrected chi connectivity index (χ0v) is 13.0. The highest BCUT2D eigenvalue weighted by atomic mass is 16.5. The van der Waals surface area contributed by atoms with Crippen molar-refractivity contribution in [2.45, 2.75) is 45.6 Å². The molecule has 0 fully saturated rings. The lowest BCUT2D eigenvalue weighted by Crippen LogP contribution is -2.08. The molecule has 1 aromatic rings. The second-order valence-corrected chi connectivity index (χ2v) is 5.05. The molecule has 3 nitrogen and oxygen atoms in total. The van der Waals surface area contributed by atoms with Crippen LogP contribution in [-0.4, -0.2) is 26.9 Å². The first kappa shape index (κ1) is 17.0. The summed E-state index contributed by atoms with van der Waals surface area (Å²) in [6.07, 6.45) is 6.41. The summed E-state index contributed by atoms with van der Waals surface area (Å²) in [4.78, 5) is 0. The molecule has 0 heterocycles. The van der Waals surface area contributed by atoms with Crippen LogP contribution in [-0.2, 0) is 11.3 Å². The van der Waals surface area contributed by atoms with Crippen LogP contribution in [0.5, 0.6) is 5.75 Å². The highest BCUT2D eigenvalue weighted by molar-refractivity contribution is 5.27. The summed E-state index contributed by atoms with van der Waals surface area (Å²) in [6.45, 7) is 5.28. The summed E-state index contributed by atoms with van der Waals surface area (Å²) in [5.41, 5.74) is 1.27. The van der Waals surface area contributed by atoms with Gasteiger partial charge in [0.25, 0.3) is 0 Å². The van der Waals surface area contributed by atoms with Gasteiger partial charge >= 0.3 is 0 Å². The van der Waals surface area contributed by atoms with Crippen molar-refractivity contribution in [2.75, 3.05) is 26.9 Å². The number of rotatable bonds is 12. The predicted octanol–water partition coefficient (Wildman–Crippen LogP) is 3.77. The normalized spacial score (nSPS) is 10.7. The lowest BCUT2D eigenvalue weighted by molar-refractivity contribution is 0.0971. The zero-order valence-electron chi connectivity index (χ0n) is 13.0. The van der Waals surface area contributed by atoms with Gasteiger partial charge in [-0.3, -0.25) is 0 Å². The van der Waals surface area contributed by atoms with Crippen LogP contribution in [0.25, 0.3) is 0 Å². The number of nitrogens with one attached hydrogen (secondary N) is 1. The first-order chi connectivity index (χ1) is 9.86. The molecule has 0 aromatic heterocycles. The summed E-state index contributed by atoms with van der Waals surface area (Å²) in [5, 5.41) is 3.13. The molecule has 1 N–H and O–H groups in total. The number of ether oxygens (including phenoxy) is 2. The molecule has 0 unspecified atom stereocenters. The van der Waals surface area contributed by atoms with E-state index in [4.69, 9.17) is 9.47 Å². The molecule has 1 rings (SSSR count). The minimum Gasteiger partial charge on any atom is -0.491 e. The molecule has 0 aliphatic heterocycles. The van der Waals surface area contributed by atoms with Crippen LogP contribution in [0, 0.1) is 0 Å². The summed E-state index contributed by atoms with van der Waals surface area (Å²) in [6, 6.07) is 8.19. The van der Waals surface area contributed by atoms with Gasteiger partial charge in [-0.2, -0.15) is 0 Å². The molecule has 0 amide bonds. The van der Waals surface area contributed by atoms with Crippen molar-refractivity contribution < 1.29 is 9.47 Å². The van der Waals surface area contributed by atoms with E-state index in [2.05, 4.69) is 24.4 Å². The molecular weight excluding hydrogens is 250 g/mol. The van der Waals surface area contributed by atoms with Crippen LogP contribution in [0.2, 0.25) is 0 Å². The first-order valence-electron chi connectivity index (χ1n) is 7.81. The highest BCUT2D eigenvalue weighted by Crippen LogP contribution is 2.11. The molecular formula is C17H29NO2. The molecule has 0 spiro atoms. The highest BCUT2D eigenvalue weighted by Gasteiger charge is 1.95. The Morgan fingerprint density at radius 1 is 0.900 bits per heavy atom. The van der Waals surface area contributed by atoms with Crippen LogP contribution in [0.15, 0.2) is 24.3 Å². The first-order valence-corrected chi connectivity index (χ1v) is 7.81. The van der Waals surface area contributed by atoms with Crippen molar-refractivity contribution >= 4 is 0 Å². The molecule has 0 saturated heterocycles. The van der Waals surface area contributed by atoms with E-state index >= 15 is 0 Å². The van der Waals surface area contributed by atoms with E-state index in [0.29, 0.717) is 13.2 Å². The van der Waals surface area contributed by atoms with Crippen molar-refractivity contribution in [2.24, 2.45) is 0 Å². The quantitative estimate of drug-likeness (QED) is 0.591. The number of hydrogen-bond acceptors (Lipinski definition) is 3. The molecule has 0 aliphatic rings.